The summed E-state index contributed by atoms with van der Waals surface area (Å²) in [4.78, 5) is 7.61. The molecule has 0 saturated heterocycles. The molecule has 0 aliphatic heterocycles. The van der Waals surface area contributed by atoms with Crippen molar-refractivity contribution in [2.45, 2.75) is 13.2 Å². The molecule has 2 rings (SSSR count). The molecule has 0 aliphatic carbocycles. The van der Waals surface area contributed by atoms with Gasteiger partial charge in [-0.25, -0.2) is 9.97 Å². The topological polar surface area (TPSA) is 75.5 Å². The molecule has 102 valence electrons. The van der Waals surface area contributed by atoms with Gasteiger partial charge in [0.15, 0.2) is 0 Å². The number of aromatic nitrogens is 2. The first kappa shape index (κ1) is 15.4. The Morgan fingerprint density at radius 3 is 2.11 bits per heavy atom. The van der Waals surface area contributed by atoms with Crippen molar-refractivity contribution in [3.63, 3.8) is 0 Å². The smallest absolute Gasteiger partial charge is 0.213 e. The second-order valence-corrected chi connectivity index (χ2v) is 3.90. The number of aliphatic hydroxyl groups excluding tert-OH is 2. The highest BCUT2D eigenvalue weighted by molar-refractivity contribution is 6.29. The van der Waals surface area contributed by atoms with E-state index in [1.807, 2.05) is 0 Å². The molecular weight excluding hydrogens is 268 g/mol. The summed E-state index contributed by atoms with van der Waals surface area (Å²) in [7, 11) is 1.55. The fraction of sp³-hybridized carbons (Fsp3) is 0.231. The number of pyridine rings is 2. The highest BCUT2D eigenvalue weighted by Gasteiger charge is 1.93. The average Bonchev–Trinajstić information content (AvgIpc) is 2.48. The molecule has 2 aromatic heterocycles. The third-order valence-corrected chi connectivity index (χ3v) is 2.37. The lowest BCUT2D eigenvalue weighted by Gasteiger charge is -1.98. The first-order valence-corrected chi connectivity index (χ1v) is 5.88. The summed E-state index contributed by atoms with van der Waals surface area (Å²) in [5.74, 6) is 0.534. The standard InChI is InChI=1S/C7H9NO2.C6H6ClNO/c1-10-7-4-6(5-9)2-3-8-7;7-6-3-5(4-9)1-2-8-6/h2-4,9H,5H2,1H3;1-3,9H,4H2. The zero-order valence-corrected chi connectivity index (χ0v) is 11.2. The van der Waals surface area contributed by atoms with Crippen LogP contribution in [0.15, 0.2) is 36.7 Å². The number of methoxy groups -OCH3 is 1. The number of aliphatic hydroxyl groups is 2. The molecule has 0 fully saturated rings. The highest BCUT2D eigenvalue weighted by Crippen LogP contribution is 2.07. The van der Waals surface area contributed by atoms with E-state index in [0.717, 1.165) is 11.1 Å². The minimum Gasteiger partial charge on any atom is -0.481 e. The van der Waals surface area contributed by atoms with E-state index in [9.17, 15) is 0 Å². The van der Waals surface area contributed by atoms with Crippen LogP contribution in [0.25, 0.3) is 0 Å². The number of halogens is 1. The van der Waals surface area contributed by atoms with Crippen molar-refractivity contribution in [1.29, 1.82) is 0 Å². The van der Waals surface area contributed by atoms with Crippen LogP contribution >= 0.6 is 11.6 Å². The van der Waals surface area contributed by atoms with Crippen LogP contribution < -0.4 is 4.74 Å². The third kappa shape index (κ3) is 5.65. The van der Waals surface area contributed by atoms with Gasteiger partial charge in [0.1, 0.15) is 5.15 Å². The van der Waals surface area contributed by atoms with Crippen LogP contribution in [0.1, 0.15) is 11.1 Å². The van der Waals surface area contributed by atoms with E-state index in [0.29, 0.717) is 11.0 Å². The molecular formula is C13H15ClN2O3. The van der Waals surface area contributed by atoms with E-state index in [2.05, 4.69) is 9.97 Å². The molecule has 0 amide bonds. The zero-order valence-electron chi connectivity index (χ0n) is 10.5. The monoisotopic (exact) mass is 282 g/mol. The van der Waals surface area contributed by atoms with E-state index in [1.54, 1.807) is 43.8 Å². The first-order valence-electron chi connectivity index (χ1n) is 5.50. The summed E-state index contributed by atoms with van der Waals surface area (Å²) in [5.41, 5.74) is 1.60. The Balaban J connectivity index is 0.000000191. The van der Waals surface area contributed by atoms with Gasteiger partial charge in [0.05, 0.1) is 20.3 Å². The fourth-order valence-corrected chi connectivity index (χ4v) is 1.40. The van der Waals surface area contributed by atoms with Crippen molar-refractivity contribution in [1.82, 2.24) is 9.97 Å². The van der Waals surface area contributed by atoms with Crippen molar-refractivity contribution >= 4 is 11.6 Å². The normalized spacial score (nSPS) is 9.47. The minimum absolute atomic E-state index is 0.0161. The molecule has 2 N–H and O–H groups in total. The van der Waals surface area contributed by atoms with E-state index in [-0.39, 0.29) is 13.2 Å². The lowest BCUT2D eigenvalue weighted by atomic mass is 10.3. The lowest BCUT2D eigenvalue weighted by Crippen LogP contribution is -1.89. The molecule has 0 unspecified atom stereocenters. The molecule has 0 saturated carbocycles. The molecule has 0 aromatic carbocycles. The molecule has 2 heterocycles. The first-order chi connectivity index (χ1) is 9.19. The summed E-state index contributed by atoms with van der Waals surface area (Å²) in [5, 5.41) is 17.7. The zero-order chi connectivity index (χ0) is 14.1. The highest BCUT2D eigenvalue weighted by atomic mass is 35.5. The quantitative estimate of drug-likeness (QED) is 0.840. The van der Waals surface area contributed by atoms with E-state index < -0.39 is 0 Å². The van der Waals surface area contributed by atoms with Crippen molar-refractivity contribution in [2.24, 2.45) is 0 Å². The Morgan fingerprint density at radius 1 is 1.05 bits per heavy atom. The van der Waals surface area contributed by atoms with Crippen LogP contribution in [0.2, 0.25) is 5.15 Å². The molecule has 0 bridgehead atoms. The van der Waals surface area contributed by atoms with E-state index in [1.165, 1.54) is 0 Å². The number of hydrogen-bond donors (Lipinski definition) is 2. The van der Waals surface area contributed by atoms with Crippen LogP contribution in [0, 0.1) is 0 Å². The van der Waals surface area contributed by atoms with Gasteiger partial charge in [-0.15, -0.1) is 0 Å². The maximum absolute atomic E-state index is 8.67. The van der Waals surface area contributed by atoms with Crippen LogP contribution in [0.3, 0.4) is 0 Å². The Bertz CT molecular complexity index is 490. The van der Waals surface area contributed by atoms with Gasteiger partial charge in [-0.1, -0.05) is 11.6 Å². The van der Waals surface area contributed by atoms with E-state index in [4.69, 9.17) is 26.6 Å². The van der Waals surface area contributed by atoms with Gasteiger partial charge < -0.3 is 14.9 Å². The molecule has 0 spiro atoms. The average molecular weight is 283 g/mol. The van der Waals surface area contributed by atoms with Crippen LogP contribution in [0.5, 0.6) is 5.88 Å². The summed E-state index contributed by atoms with van der Waals surface area (Å²) in [6.07, 6.45) is 3.16. The molecule has 0 radical (unpaired) electrons. The fourth-order valence-electron chi connectivity index (χ4n) is 1.20. The van der Waals surface area contributed by atoms with E-state index >= 15 is 0 Å². The van der Waals surface area contributed by atoms with Gasteiger partial charge in [0, 0.05) is 18.5 Å². The maximum Gasteiger partial charge on any atom is 0.213 e. The Kier molecular flexibility index (Phi) is 6.81. The number of ether oxygens (including phenoxy) is 1. The SMILES string of the molecule is COc1cc(CO)ccn1.OCc1ccnc(Cl)c1. The molecule has 0 aliphatic rings. The van der Waals surface area contributed by atoms with Crippen molar-refractivity contribution in [3.05, 3.63) is 52.9 Å². The van der Waals surface area contributed by atoms with Crippen molar-refractivity contribution < 1.29 is 14.9 Å². The summed E-state index contributed by atoms with van der Waals surface area (Å²) >= 11 is 5.50. The molecule has 6 heteroatoms. The third-order valence-electron chi connectivity index (χ3n) is 2.16. The van der Waals surface area contributed by atoms with Gasteiger partial charge in [-0.05, 0) is 29.3 Å². The number of rotatable bonds is 3. The molecule has 0 atom stereocenters. The second kappa shape index (κ2) is 8.42. The van der Waals surface area contributed by atoms with Gasteiger partial charge in [0.2, 0.25) is 5.88 Å². The van der Waals surface area contributed by atoms with Crippen molar-refractivity contribution in [3.8, 4) is 5.88 Å². The molecule has 5 nitrogen and oxygen atoms in total. The predicted molar refractivity (Wildman–Crippen MR) is 71.9 cm³/mol. The molecule has 19 heavy (non-hydrogen) atoms. The second-order valence-electron chi connectivity index (χ2n) is 3.51. The number of nitrogens with zero attached hydrogens (tertiary/aromatic N) is 2. The largest absolute Gasteiger partial charge is 0.481 e. The van der Waals surface area contributed by atoms with Gasteiger partial charge in [-0.3, -0.25) is 0 Å². The number of hydrogen-bond acceptors (Lipinski definition) is 5. The Hall–Kier alpha value is -1.69. The minimum atomic E-state index is 0.0161. The van der Waals surface area contributed by atoms with Crippen LogP contribution in [0.4, 0.5) is 0 Å². The van der Waals surface area contributed by atoms with Gasteiger partial charge in [-0.2, -0.15) is 0 Å². The van der Waals surface area contributed by atoms with Gasteiger partial charge in [0.25, 0.3) is 0 Å². The van der Waals surface area contributed by atoms with Crippen LogP contribution in [-0.4, -0.2) is 27.3 Å². The Morgan fingerprint density at radius 2 is 1.63 bits per heavy atom. The van der Waals surface area contributed by atoms with Crippen LogP contribution in [-0.2, 0) is 13.2 Å². The van der Waals surface area contributed by atoms with Gasteiger partial charge >= 0.3 is 0 Å². The molecule has 2 aromatic rings. The Labute approximate surface area is 116 Å². The summed E-state index contributed by atoms with van der Waals surface area (Å²) < 4.78 is 4.83. The lowest BCUT2D eigenvalue weighted by molar-refractivity contribution is 0.280. The summed E-state index contributed by atoms with van der Waals surface area (Å²) in [6, 6.07) is 6.77. The van der Waals surface area contributed by atoms with Crippen molar-refractivity contribution in [2.75, 3.05) is 7.11 Å². The maximum atomic E-state index is 8.67. The predicted octanol–water partition coefficient (Wildman–Crippen LogP) is 1.81. The summed E-state index contributed by atoms with van der Waals surface area (Å²) in [6.45, 7) is 0.0428.